The molecule has 0 bridgehead atoms. The molecular formula is C18H18N6O2. The fourth-order valence-corrected chi connectivity index (χ4v) is 2.81. The van der Waals surface area contributed by atoms with Gasteiger partial charge < -0.3 is 9.40 Å². The lowest BCUT2D eigenvalue weighted by atomic mass is 10.2. The highest BCUT2D eigenvalue weighted by atomic mass is 16.4. The molecule has 4 heterocycles. The van der Waals surface area contributed by atoms with Gasteiger partial charge in [0.05, 0.1) is 23.8 Å². The highest BCUT2D eigenvalue weighted by Crippen LogP contribution is 2.17. The van der Waals surface area contributed by atoms with Crippen LogP contribution in [-0.2, 0) is 12.8 Å². The Labute approximate surface area is 148 Å². The summed E-state index contributed by atoms with van der Waals surface area (Å²) in [6, 6.07) is 1.89. The number of H-pyrrole nitrogens is 1. The smallest absolute Gasteiger partial charge is 0.262 e. The zero-order valence-corrected chi connectivity index (χ0v) is 14.8. The Morgan fingerprint density at radius 3 is 2.73 bits per heavy atom. The maximum atomic E-state index is 12.4. The minimum atomic E-state index is -0.211. The number of nitrogens with zero attached hydrogens (tertiary/aromatic N) is 5. The second-order valence-electron chi connectivity index (χ2n) is 6.22. The average Bonchev–Trinajstić information content (AvgIpc) is 3.17. The number of aryl methyl sites for hydroxylation is 5. The van der Waals surface area contributed by atoms with Crippen LogP contribution in [0.15, 0.2) is 33.9 Å². The van der Waals surface area contributed by atoms with Crippen LogP contribution in [-0.4, -0.2) is 29.7 Å². The van der Waals surface area contributed by atoms with Crippen LogP contribution in [0.25, 0.3) is 16.7 Å². The molecule has 0 aromatic carbocycles. The van der Waals surface area contributed by atoms with Crippen LogP contribution in [0.2, 0.25) is 0 Å². The summed E-state index contributed by atoms with van der Waals surface area (Å²) in [5.74, 6) is 2.01. The van der Waals surface area contributed by atoms with E-state index in [0.717, 1.165) is 22.7 Å². The fourth-order valence-electron chi connectivity index (χ4n) is 2.81. The van der Waals surface area contributed by atoms with E-state index in [2.05, 4.69) is 25.0 Å². The van der Waals surface area contributed by atoms with E-state index in [1.807, 2.05) is 26.8 Å². The molecule has 0 spiro atoms. The first-order valence-electron chi connectivity index (χ1n) is 8.34. The summed E-state index contributed by atoms with van der Waals surface area (Å²) in [6.45, 7) is 5.75. The lowest BCUT2D eigenvalue weighted by Gasteiger charge is -2.06. The number of rotatable bonds is 4. The Morgan fingerprint density at radius 1 is 1.15 bits per heavy atom. The molecule has 132 valence electrons. The molecule has 4 aromatic rings. The van der Waals surface area contributed by atoms with Gasteiger partial charge in [-0.3, -0.25) is 9.78 Å². The van der Waals surface area contributed by atoms with Crippen LogP contribution in [0.4, 0.5) is 0 Å². The van der Waals surface area contributed by atoms with Crippen molar-refractivity contribution in [2.24, 2.45) is 0 Å². The summed E-state index contributed by atoms with van der Waals surface area (Å²) in [5, 5.41) is 4.77. The average molecular weight is 350 g/mol. The van der Waals surface area contributed by atoms with Crippen molar-refractivity contribution in [3.63, 3.8) is 0 Å². The second kappa shape index (κ2) is 6.21. The van der Waals surface area contributed by atoms with E-state index in [4.69, 9.17) is 4.42 Å². The predicted octanol–water partition coefficient (Wildman–Crippen LogP) is 2.20. The Kier molecular flexibility index (Phi) is 3.87. The minimum Gasteiger partial charge on any atom is -0.446 e. The molecular weight excluding hydrogens is 332 g/mol. The topological polar surface area (TPSA) is 102 Å². The van der Waals surface area contributed by atoms with Crippen molar-refractivity contribution < 1.29 is 4.42 Å². The molecule has 8 nitrogen and oxygen atoms in total. The minimum absolute atomic E-state index is 0.211. The summed E-state index contributed by atoms with van der Waals surface area (Å²) in [7, 11) is 0. The van der Waals surface area contributed by atoms with E-state index in [1.165, 1.54) is 6.20 Å². The zero-order valence-electron chi connectivity index (χ0n) is 14.8. The summed E-state index contributed by atoms with van der Waals surface area (Å²) < 4.78 is 7.24. The summed E-state index contributed by atoms with van der Waals surface area (Å²) in [4.78, 5) is 28.3. The Balaban J connectivity index is 1.72. The Bertz CT molecular complexity index is 1130. The summed E-state index contributed by atoms with van der Waals surface area (Å²) in [5.41, 5.74) is 2.98. The second-order valence-corrected chi connectivity index (χ2v) is 6.22. The summed E-state index contributed by atoms with van der Waals surface area (Å²) >= 11 is 0. The van der Waals surface area contributed by atoms with Gasteiger partial charge in [-0.25, -0.2) is 14.6 Å². The van der Waals surface area contributed by atoms with E-state index in [1.54, 1.807) is 17.1 Å². The number of hydrogen-bond donors (Lipinski definition) is 1. The van der Waals surface area contributed by atoms with Gasteiger partial charge in [0, 0.05) is 19.0 Å². The fraction of sp³-hybridized carbons (Fsp3) is 0.278. The number of nitrogens with one attached hydrogen (secondary N) is 1. The monoisotopic (exact) mass is 350 g/mol. The first-order valence-corrected chi connectivity index (χ1v) is 8.34. The third-order valence-electron chi connectivity index (χ3n) is 4.38. The standard InChI is InChI=1S/C18H18N6O2/c1-10-6-7-19-9-14(10)24-17-13(8-20-24)18(25)23-15(22-17)4-5-16-21-11(2)12(3)26-16/h6-9H,4-5H2,1-3H3,(H,22,23,25). The predicted molar refractivity (Wildman–Crippen MR) is 95.4 cm³/mol. The van der Waals surface area contributed by atoms with Gasteiger partial charge in [0.15, 0.2) is 11.5 Å². The van der Waals surface area contributed by atoms with E-state index >= 15 is 0 Å². The molecule has 0 saturated heterocycles. The van der Waals surface area contributed by atoms with Gasteiger partial charge in [-0.05, 0) is 32.4 Å². The molecule has 0 radical (unpaired) electrons. The number of oxazole rings is 1. The molecule has 0 aliphatic heterocycles. The number of aromatic nitrogens is 6. The van der Waals surface area contributed by atoms with Crippen molar-refractivity contribution in [2.75, 3.05) is 0 Å². The first kappa shape index (κ1) is 16.2. The lowest BCUT2D eigenvalue weighted by molar-refractivity contribution is 0.468. The van der Waals surface area contributed by atoms with E-state index in [-0.39, 0.29) is 5.56 Å². The molecule has 0 amide bonds. The molecule has 0 fully saturated rings. The zero-order chi connectivity index (χ0) is 18.3. The molecule has 4 aromatic heterocycles. The lowest BCUT2D eigenvalue weighted by Crippen LogP contribution is -2.13. The van der Waals surface area contributed by atoms with Gasteiger partial charge in [-0.1, -0.05) is 0 Å². The van der Waals surface area contributed by atoms with Crippen molar-refractivity contribution in [3.8, 4) is 5.69 Å². The van der Waals surface area contributed by atoms with Crippen LogP contribution in [0, 0.1) is 20.8 Å². The molecule has 0 aliphatic rings. The molecule has 0 saturated carbocycles. The Morgan fingerprint density at radius 2 is 2.00 bits per heavy atom. The van der Waals surface area contributed by atoms with Crippen LogP contribution in [0.5, 0.6) is 0 Å². The third kappa shape index (κ3) is 2.79. The van der Waals surface area contributed by atoms with E-state index in [0.29, 0.717) is 35.6 Å². The molecule has 4 rings (SSSR count). The highest BCUT2D eigenvalue weighted by molar-refractivity contribution is 5.75. The first-order chi connectivity index (χ1) is 12.5. The van der Waals surface area contributed by atoms with Crippen LogP contribution in [0.3, 0.4) is 0 Å². The van der Waals surface area contributed by atoms with Crippen molar-refractivity contribution in [1.29, 1.82) is 0 Å². The number of pyridine rings is 1. The highest BCUT2D eigenvalue weighted by Gasteiger charge is 2.14. The van der Waals surface area contributed by atoms with Crippen molar-refractivity contribution in [3.05, 3.63) is 63.7 Å². The van der Waals surface area contributed by atoms with Gasteiger partial charge in [0.2, 0.25) is 0 Å². The van der Waals surface area contributed by atoms with Crippen LogP contribution >= 0.6 is 0 Å². The number of hydrogen-bond acceptors (Lipinski definition) is 6. The van der Waals surface area contributed by atoms with E-state index < -0.39 is 0 Å². The van der Waals surface area contributed by atoms with Gasteiger partial charge in [0.25, 0.3) is 5.56 Å². The van der Waals surface area contributed by atoms with Gasteiger partial charge in [0.1, 0.15) is 17.0 Å². The normalized spacial score (nSPS) is 11.3. The Hall–Kier alpha value is -3.29. The van der Waals surface area contributed by atoms with Crippen LogP contribution < -0.4 is 5.56 Å². The summed E-state index contributed by atoms with van der Waals surface area (Å²) in [6.07, 6.45) is 6.03. The van der Waals surface area contributed by atoms with Gasteiger partial charge in [-0.2, -0.15) is 5.10 Å². The van der Waals surface area contributed by atoms with Gasteiger partial charge >= 0.3 is 0 Å². The molecule has 0 unspecified atom stereocenters. The largest absolute Gasteiger partial charge is 0.446 e. The maximum Gasteiger partial charge on any atom is 0.262 e. The number of fused-ring (bicyclic) bond motifs is 1. The van der Waals surface area contributed by atoms with Crippen molar-refractivity contribution in [1.82, 2.24) is 29.7 Å². The molecule has 0 aliphatic carbocycles. The van der Waals surface area contributed by atoms with Crippen LogP contribution in [0.1, 0.15) is 28.7 Å². The number of aromatic amines is 1. The maximum absolute atomic E-state index is 12.4. The van der Waals surface area contributed by atoms with Crippen molar-refractivity contribution in [2.45, 2.75) is 33.6 Å². The van der Waals surface area contributed by atoms with Gasteiger partial charge in [-0.15, -0.1) is 0 Å². The quantitative estimate of drug-likeness (QED) is 0.605. The van der Waals surface area contributed by atoms with Crippen molar-refractivity contribution >= 4 is 11.0 Å². The molecule has 1 N–H and O–H groups in total. The SMILES string of the molecule is Cc1ccncc1-n1ncc2c(=O)[nH]c(CCc3nc(C)c(C)o3)nc21. The molecule has 26 heavy (non-hydrogen) atoms. The molecule has 8 heteroatoms. The van der Waals surface area contributed by atoms with E-state index in [9.17, 15) is 4.79 Å². The molecule has 0 atom stereocenters. The third-order valence-corrected chi connectivity index (χ3v) is 4.38.